The summed E-state index contributed by atoms with van der Waals surface area (Å²) in [4.78, 5) is 14.8. The van der Waals surface area contributed by atoms with Gasteiger partial charge in [-0.25, -0.2) is 14.2 Å². The molecule has 40 heavy (non-hydrogen) atoms. The van der Waals surface area contributed by atoms with Crippen LogP contribution in [-0.2, 0) is 24.7 Å². The van der Waals surface area contributed by atoms with Crippen molar-refractivity contribution in [2.75, 3.05) is 25.7 Å². The van der Waals surface area contributed by atoms with Crippen LogP contribution in [0.5, 0.6) is 0 Å². The molecule has 2 aromatic carbocycles. The second-order valence-corrected chi connectivity index (χ2v) is 11.7. The molecule has 1 aliphatic heterocycles. The number of alkyl halides is 5. The maximum Gasteiger partial charge on any atom is 0.416 e. The van der Waals surface area contributed by atoms with Crippen LogP contribution in [0.25, 0.3) is 0 Å². The summed E-state index contributed by atoms with van der Waals surface area (Å²) in [6, 6.07) is 9.18. The van der Waals surface area contributed by atoms with Crippen molar-refractivity contribution < 1.29 is 26.7 Å². The molecule has 0 spiro atoms. The van der Waals surface area contributed by atoms with Gasteiger partial charge < -0.3 is 10.2 Å². The lowest BCUT2D eigenvalue weighted by Crippen LogP contribution is -2.62. The fourth-order valence-corrected chi connectivity index (χ4v) is 6.27. The monoisotopic (exact) mass is 563 g/mol. The molecule has 3 N–H and O–H groups in total. The zero-order valence-electron chi connectivity index (χ0n) is 22.8. The van der Waals surface area contributed by atoms with Gasteiger partial charge in [-0.2, -0.15) is 13.2 Å². The Morgan fingerprint density at radius 2 is 1.88 bits per heavy atom. The van der Waals surface area contributed by atoms with Crippen LogP contribution in [0.15, 0.2) is 36.4 Å². The SMILES string of the molecule is CNN(C)C(=N)C1(c2cccc(N3Cc4c(cc(CNC5(C)CCC5)cc4C(F)(F)F)C3=O)c2)CC(F)(CF)C1. The first-order chi connectivity index (χ1) is 18.7. The molecule has 1 amide bonds. The number of hydrogen-bond acceptors (Lipinski definition) is 4. The summed E-state index contributed by atoms with van der Waals surface area (Å²) in [5.74, 6) is -0.524. The van der Waals surface area contributed by atoms with Crippen LogP contribution in [0.3, 0.4) is 0 Å². The van der Waals surface area contributed by atoms with Crippen LogP contribution in [0, 0.1) is 5.41 Å². The number of hydrazine groups is 1. The molecule has 11 heteroatoms. The van der Waals surface area contributed by atoms with E-state index in [9.17, 15) is 26.7 Å². The average molecular weight is 564 g/mol. The quantitative estimate of drug-likeness (QED) is 0.168. The molecule has 2 saturated carbocycles. The van der Waals surface area contributed by atoms with Crippen molar-refractivity contribution in [3.63, 3.8) is 0 Å². The molecular weight excluding hydrogens is 529 g/mol. The van der Waals surface area contributed by atoms with E-state index in [0.29, 0.717) is 16.8 Å². The van der Waals surface area contributed by atoms with Gasteiger partial charge in [0.25, 0.3) is 5.91 Å². The Morgan fingerprint density at radius 1 is 1.18 bits per heavy atom. The molecule has 2 fully saturated rings. The van der Waals surface area contributed by atoms with Crippen molar-refractivity contribution in [2.45, 2.75) is 74.9 Å². The van der Waals surface area contributed by atoms with Crippen LogP contribution in [-0.4, -0.2) is 48.7 Å². The molecule has 0 bridgehead atoms. The van der Waals surface area contributed by atoms with Crippen molar-refractivity contribution in [3.05, 3.63) is 64.2 Å². The second-order valence-electron chi connectivity index (χ2n) is 11.7. The van der Waals surface area contributed by atoms with Gasteiger partial charge in [0.15, 0.2) is 0 Å². The zero-order chi connectivity index (χ0) is 29.1. The van der Waals surface area contributed by atoms with Crippen LogP contribution in [0.4, 0.5) is 27.6 Å². The molecule has 6 nitrogen and oxygen atoms in total. The number of hydrogen-bond donors (Lipinski definition) is 3. The number of fused-ring (bicyclic) bond motifs is 1. The van der Waals surface area contributed by atoms with Crippen LogP contribution in [0.2, 0.25) is 0 Å². The molecular formula is C29H34F5N5O. The van der Waals surface area contributed by atoms with E-state index >= 15 is 0 Å². The molecule has 1 heterocycles. The highest BCUT2D eigenvalue weighted by Crippen LogP contribution is 2.54. The number of anilines is 1. The van der Waals surface area contributed by atoms with Crippen molar-refractivity contribution in [3.8, 4) is 0 Å². The van der Waals surface area contributed by atoms with E-state index in [0.717, 1.165) is 25.3 Å². The van der Waals surface area contributed by atoms with Gasteiger partial charge >= 0.3 is 6.18 Å². The molecule has 216 valence electrons. The van der Waals surface area contributed by atoms with Gasteiger partial charge in [0.2, 0.25) is 0 Å². The van der Waals surface area contributed by atoms with Crippen LogP contribution >= 0.6 is 0 Å². The van der Waals surface area contributed by atoms with Crippen molar-refractivity contribution in [1.29, 1.82) is 5.41 Å². The smallest absolute Gasteiger partial charge is 0.307 e. The first-order valence-corrected chi connectivity index (χ1v) is 13.4. The number of likely N-dealkylation sites (N-methyl/N-ethyl adjacent to an activating group) is 1. The van der Waals surface area contributed by atoms with Gasteiger partial charge in [0.05, 0.1) is 17.5 Å². The number of benzene rings is 2. The maximum absolute atomic E-state index is 14.9. The predicted molar refractivity (Wildman–Crippen MR) is 143 cm³/mol. The fourth-order valence-electron chi connectivity index (χ4n) is 6.27. The highest BCUT2D eigenvalue weighted by Gasteiger charge is 2.60. The summed E-state index contributed by atoms with van der Waals surface area (Å²) in [5, 5.41) is 13.4. The number of rotatable bonds is 8. The number of amides is 1. The van der Waals surface area contributed by atoms with E-state index in [4.69, 9.17) is 5.41 Å². The predicted octanol–water partition coefficient (Wildman–Crippen LogP) is 5.65. The fraction of sp³-hybridized carbons (Fsp3) is 0.517. The highest BCUT2D eigenvalue weighted by molar-refractivity contribution is 6.10. The first kappa shape index (κ1) is 28.5. The Bertz CT molecular complexity index is 1330. The van der Waals surface area contributed by atoms with Gasteiger partial charge in [-0.1, -0.05) is 12.1 Å². The molecule has 0 atom stereocenters. The van der Waals surface area contributed by atoms with Gasteiger partial charge in [0.1, 0.15) is 18.2 Å². The largest absolute Gasteiger partial charge is 0.416 e. The lowest BCUT2D eigenvalue weighted by atomic mass is 9.56. The molecule has 3 aliphatic rings. The van der Waals surface area contributed by atoms with Crippen LogP contribution in [0.1, 0.15) is 71.6 Å². The minimum absolute atomic E-state index is 0.0111. The Kier molecular flexibility index (Phi) is 6.97. The summed E-state index contributed by atoms with van der Waals surface area (Å²) in [6.45, 7) is 0.814. The first-order valence-electron chi connectivity index (χ1n) is 13.4. The lowest BCUT2D eigenvalue weighted by molar-refractivity contribution is -0.138. The minimum Gasteiger partial charge on any atom is -0.307 e. The molecule has 5 rings (SSSR count). The summed E-state index contributed by atoms with van der Waals surface area (Å²) < 4.78 is 70.8. The summed E-state index contributed by atoms with van der Waals surface area (Å²) in [5.41, 5.74) is -0.194. The van der Waals surface area contributed by atoms with Gasteiger partial charge in [-0.3, -0.25) is 15.2 Å². The summed E-state index contributed by atoms with van der Waals surface area (Å²) >= 11 is 0. The Morgan fingerprint density at radius 3 is 2.45 bits per heavy atom. The Hall–Kier alpha value is -3.05. The third-order valence-electron chi connectivity index (χ3n) is 8.89. The van der Waals surface area contributed by atoms with E-state index in [2.05, 4.69) is 10.7 Å². The van der Waals surface area contributed by atoms with E-state index < -0.39 is 35.4 Å². The lowest BCUT2D eigenvalue weighted by Gasteiger charge is -2.52. The molecule has 0 saturated heterocycles. The third-order valence-corrected chi connectivity index (χ3v) is 8.89. The number of nitrogens with zero attached hydrogens (tertiary/aromatic N) is 2. The standard InChI is InChI=1S/C29H34F5N5O/c1-26(8-5-9-26)37-13-18-10-21-22(23(11-18)29(32,33)34)14-39(24(21)40)20-7-4-6-19(12-20)28(25(35)38(3)36-2)15-27(31,16-28)17-30/h4,6-7,10-12,35-37H,5,8-9,13-17H2,1-3H3. The van der Waals surface area contributed by atoms with E-state index in [1.807, 2.05) is 6.92 Å². The normalized spacial score (nSPS) is 25.3. The summed E-state index contributed by atoms with van der Waals surface area (Å²) in [7, 11) is 3.20. The Balaban J connectivity index is 1.48. The number of halogens is 5. The van der Waals surface area contributed by atoms with Crippen molar-refractivity contribution in [2.24, 2.45) is 0 Å². The zero-order valence-corrected chi connectivity index (χ0v) is 22.8. The molecule has 0 radical (unpaired) electrons. The van der Waals surface area contributed by atoms with Gasteiger partial charge in [0, 0.05) is 50.3 Å². The van der Waals surface area contributed by atoms with Crippen molar-refractivity contribution in [1.82, 2.24) is 15.8 Å². The highest BCUT2D eigenvalue weighted by atomic mass is 19.4. The molecule has 0 unspecified atom stereocenters. The number of amidine groups is 1. The molecule has 2 aromatic rings. The number of carbonyl (C=O) groups is 1. The number of nitrogens with one attached hydrogen (secondary N) is 3. The Labute approximate surface area is 230 Å². The van der Waals surface area contributed by atoms with E-state index in [1.165, 1.54) is 16.0 Å². The molecule has 0 aromatic heterocycles. The van der Waals surface area contributed by atoms with Crippen LogP contribution < -0.4 is 15.6 Å². The van der Waals surface area contributed by atoms with Crippen molar-refractivity contribution >= 4 is 17.4 Å². The second kappa shape index (κ2) is 9.80. The minimum atomic E-state index is -4.64. The number of carbonyl (C=O) groups excluding carboxylic acids is 1. The van der Waals surface area contributed by atoms with E-state index in [1.54, 1.807) is 38.4 Å². The maximum atomic E-state index is 14.9. The topological polar surface area (TPSA) is 71.5 Å². The average Bonchev–Trinajstić information content (AvgIpc) is 3.23. The third kappa shape index (κ3) is 4.76. The van der Waals surface area contributed by atoms with E-state index in [-0.39, 0.29) is 48.4 Å². The molecule has 2 aliphatic carbocycles. The van der Waals surface area contributed by atoms with Gasteiger partial charge in [-0.15, -0.1) is 0 Å². The van der Waals surface area contributed by atoms with Gasteiger partial charge in [-0.05, 0) is 67.1 Å². The summed E-state index contributed by atoms with van der Waals surface area (Å²) in [6.07, 6.45) is -2.19.